The first-order chi connectivity index (χ1) is 7.81. The Morgan fingerprint density at radius 3 is 2.69 bits per heavy atom. The maximum atomic E-state index is 5.23. The van der Waals surface area contributed by atoms with Gasteiger partial charge in [0.25, 0.3) is 0 Å². The van der Waals surface area contributed by atoms with Gasteiger partial charge in [-0.2, -0.15) is 4.98 Å². The van der Waals surface area contributed by atoms with Crippen LogP contribution in [0.5, 0.6) is 0 Å². The number of nitrogens with zero attached hydrogens (tertiary/aromatic N) is 2. The monoisotopic (exact) mass is 278 g/mol. The fourth-order valence-electron chi connectivity index (χ4n) is 1.62. The summed E-state index contributed by atoms with van der Waals surface area (Å²) in [6.45, 7) is 0. The molecule has 82 valence electrons. The minimum atomic E-state index is 0.558. The molecule has 0 atom stereocenters. The third-order valence-corrected chi connectivity index (χ3v) is 3.22. The third kappa shape index (κ3) is 2.16. The highest BCUT2D eigenvalue weighted by atomic mass is 79.9. The van der Waals surface area contributed by atoms with E-state index in [2.05, 4.69) is 38.2 Å². The van der Waals surface area contributed by atoms with E-state index < -0.39 is 0 Å². The van der Waals surface area contributed by atoms with Crippen LogP contribution in [0, 0.1) is 0 Å². The van der Waals surface area contributed by atoms with Crippen molar-refractivity contribution in [3.63, 3.8) is 0 Å². The van der Waals surface area contributed by atoms with E-state index in [1.54, 1.807) is 0 Å². The van der Waals surface area contributed by atoms with Gasteiger partial charge in [-0.3, -0.25) is 0 Å². The highest BCUT2D eigenvalue weighted by molar-refractivity contribution is 9.10. The molecule has 2 aromatic rings. The van der Waals surface area contributed by atoms with Crippen LogP contribution in [0.1, 0.15) is 36.0 Å². The van der Waals surface area contributed by atoms with Crippen molar-refractivity contribution in [2.24, 2.45) is 0 Å². The van der Waals surface area contributed by atoms with Crippen molar-refractivity contribution in [1.82, 2.24) is 10.1 Å². The average Bonchev–Trinajstić information content (AvgIpc) is 3.04. The molecule has 1 aromatic carbocycles. The molecule has 0 spiro atoms. The van der Waals surface area contributed by atoms with Crippen LogP contribution in [-0.2, 0) is 6.42 Å². The van der Waals surface area contributed by atoms with Gasteiger partial charge in [-0.15, -0.1) is 0 Å². The van der Waals surface area contributed by atoms with Gasteiger partial charge in [-0.05, 0) is 30.5 Å². The standard InChI is InChI=1S/C12H11BrN2O/c13-10-5-1-8(2-6-10)7-11-14-12(15-16-11)9-3-4-9/h1-2,5-6,9H,3-4,7H2. The summed E-state index contributed by atoms with van der Waals surface area (Å²) in [4.78, 5) is 4.40. The molecule has 1 fully saturated rings. The number of rotatable bonds is 3. The van der Waals surface area contributed by atoms with Crippen molar-refractivity contribution in [2.45, 2.75) is 25.2 Å². The van der Waals surface area contributed by atoms with Crippen LogP contribution < -0.4 is 0 Å². The van der Waals surface area contributed by atoms with Gasteiger partial charge in [0.1, 0.15) is 0 Å². The molecule has 4 heteroatoms. The molecule has 16 heavy (non-hydrogen) atoms. The Labute approximate surface area is 102 Å². The summed E-state index contributed by atoms with van der Waals surface area (Å²) in [5.74, 6) is 2.15. The lowest BCUT2D eigenvalue weighted by molar-refractivity contribution is 0.379. The van der Waals surface area contributed by atoms with Crippen LogP contribution in [0.15, 0.2) is 33.3 Å². The van der Waals surface area contributed by atoms with E-state index in [1.165, 1.54) is 18.4 Å². The van der Waals surface area contributed by atoms with Gasteiger partial charge in [0.2, 0.25) is 5.89 Å². The molecule has 0 aliphatic heterocycles. The molecule has 0 amide bonds. The van der Waals surface area contributed by atoms with E-state index in [1.807, 2.05) is 12.1 Å². The van der Waals surface area contributed by atoms with Gasteiger partial charge in [0.05, 0.1) is 6.42 Å². The van der Waals surface area contributed by atoms with Crippen molar-refractivity contribution >= 4 is 15.9 Å². The Morgan fingerprint density at radius 1 is 1.25 bits per heavy atom. The second kappa shape index (κ2) is 4.01. The SMILES string of the molecule is Brc1ccc(Cc2nc(C3CC3)no2)cc1. The third-order valence-electron chi connectivity index (χ3n) is 2.69. The maximum absolute atomic E-state index is 5.23. The van der Waals surface area contributed by atoms with E-state index >= 15 is 0 Å². The Hall–Kier alpha value is -1.16. The first-order valence-corrected chi connectivity index (χ1v) is 6.17. The molecule has 3 rings (SSSR count). The lowest BCUT2D eigenvalue weighted by Gasteiger charge is -1.96. The molecular weight excluding hydrogens is 268 g/mol. The largest absolute Gasteiger partial charge is 0.339 e. The Bertz CT molecular complexity index is 488. The summed E-state index contributed by atoms with van der Waals surface area (Å²) in [7, 11) is 0. The summed E-state index contributed by atoms with van der Waals surface area (Å²) >= 11 is 3.41. The van der Waals surface area contributed by atoms with Gasteiger partial charge >= 0.3 is 0 Å². The van der Waals surface area contributed by atoms with Crippen molar-refractivity contribution in [2.75, 3.05) is 0 Å². The second-order valence-corrected chi connectivity index (χ2v) is 5.04. The van der Waals surface area contributed by atoms with Crippen LogP contribution in [0.3, 0.4) is 0 Å². The summed E-state index contributed by atoms with van der Waals surface area (Å²) in [6.07, 6.45) is 3.13. The first kappa shape index (κ1) is 10.0. The number of benzene rings is 1. The molecule has 1 saturated carbocycles. The Morgan fingerprint density at radius 2 is 2.00 bits per heavy atom. The Kier molecular flexibility index (Phi) is 2.52. The molecule has 1 aromatic heterocycles. The molecule has 1 aliphatic carbocycles. The topological polar surface area (TPSA) is 38.9 Å². The highest BCUT2D eigenvalue weighted by Crippen LogP contribution is 2.38. The van der Waals surface area contributed by atoms with Gasteiger partial charge in [-0.25, -0.2) is 0 Å². The van der Waals surface area contributed by atoms with E-state index in [0.717, 1.165) is 10.3 Å². The number of halogens is 1. The van der Waals surface area contributed by atoms with Crippen LogP contribution in [0.25, 0.3) is 0 Å². The number of hydrogen-bond acceptors (Lipinski definition) is 3. The van der Waals surface area contributed by atoms with Crippen molar-refractivity contribution < 1.29 is 4.52 Å². The molecular formula is C12H11BrN2O. The zero-order chi connectivity index (χ0) is 11.0. The summed E-state index contributed by atoms with van der Waals surface area (Å²) in [5, 5.41) is 4.00. The fourth-order valence-corrected chi connectivity index (χ4v) is 1.89. The first-order valence-electron chi connectivity index (χ1n) is 5.38. The molecule has 1 heterocycles. The molecule has 0 unspecified atom stereocenters. The van der Waals surface area contributed by atoms with Crippen LogP contribution in [0.2, 0.25) is 0 Å². The fraction of sp³-hybridized carbons (Fsp3) is 0.333. The van der Waals surface area contributed by atoms with E-state index in [9.17, 15) is 0 Å². The van der Waals surface area contributed by atoms with Crippen molar-refractivity contribution in [3.8, 4) is 0 Å². The van der Waals surface area contributed by atoms with E-state index in [0.29, 0.717) is 18.2 Å². The van der Waals surface area contributed by atoms with Crippen molar-refractivity contribution in [1.29, 1.82) is 0 Å². The van der Waals surface area contributed by atoms with Crippen LogP contribution in [-0.4, -0.2) is 10.1 Å². The van der Waals surface area contributed by atoms with Crippen molar-refractivity contribution in [3.05, 3.63) is 46.0 Å². The van der Waals surface area contributed by atoms with Crippen LogP contribution >= 0.6 is 15.9 Å². The zero-order valence-corrected chi connectivity index (χ0v) is 10.3. The minimum absolute atomic E-state index is 0.558. The summed E-state index contributed by atoms with van der Waals surface area (Å²) in [6, 6.07) is 8.16. The van der Waals surface area contributed by atoms with E-state index in [-0.39, 0.29) is 0 Å². The molecule has 1 aliphatic rings. The molecule has 0 N–H and O–H groups in total. The average molecular weight is 279 g/mol. The van der Waals surface area contributed by atoms with Gasteiger partial charge < -0.3 is 4.52 Å². The van der Waals surface area contributed by atoms with Gasteiger partial charge in [0.15, 0.2) is 5.82 Å². The zero-order valence-electron chi connectivity index (χ0n) is 8.69. The number of aromatic nitrogens is 2. The van der Waals surface area contributed by atoms with Gasteiger partial charge in [-0.1, -0.05) is 33.2 Å². The smallest absolute Gasteiger partial charge is 0.231 e. The van der Waals surface area contributed by atoms with Gasteiger partial charge in [0, 0.05) is 10.4 Å². The van der Waals surface area contributed by atoms with E-state index in [4.69, 9.17) is 4.52 Å². The molecule has 0 bridgehead atoms. The molecule has 0 saturated heterocycles. The second-order valence-electron chi connectivity index (χ2n) is 4.12. The quantitative estimate of drug-likeness (QED) is 0.865. The Balaban J connectivity index is 1.75. The number of hydrogen-bond donors (Lipinski definition) is 0. The highest BCUT2D eigenvalue weighted by Gasteiger charge is 2.28. The predicted molar refractivity (Wildman–Crippen MR) is 63.2 cm³/mol. The summed E-state index contributed by atoms with van der Waals surface area (Å²) < 4.78 is 6.31. The normalized spacial score (nSPS) is 15.3. The molecule has 3 nitrogen and oxygen atoms in total. The molecule has 0 radical (unpaired) electrons. The maximum Gasteiger partial charge on any atom is 0.231 e. The van der Waals surface area contributed by atoms with Crippen LogP contribution in [0.4, 0.5) is 0 Å². The predicted octanol–water partition coefficient (Wildman–Crippen LogP) is 3.30. The lowest BCUT2D eigenvalue weighted by atomic mass is 10.1. The lowest BCUT2D eigenvalue weighted by Crippen LogP contribution is -1.89. The minimum Gasteiger partial charge on any atom is -0.339 e. The summed E-state index contributed by atoms with van der Waals surface area (Å²) in [5.41, 5.74) is 1.19.